The highest BCUT2D eigenvalue weighted by atomic mass is 16.1. The largest absolute Gasteiger partial charge is 0.299 e. The maximum Gasteiger partial charge on any atom is 0.136 e. The van der Waals surface area contributed by atoms with Gasteiger partial charge >= 0.3 is 0 Å². The molecule has 3 rings (SSSR count). The Kier molecular flexibility index (Phi) is 4.24. The van der Waals surface area contributed by atoms with Crippen LogP contribution in [0, 0.1) is 11.8 Å². The summed E-state index contributed by atoms with van der Waals surface area (Å²) in [6, 6.07) is 8.76. The third-order valence-corrected chi connectivity index (χ3v) is 5.23. The van der Waals surface area contributed by atoms with Crippen molar-refractivity contribution in [2.24, 2.45) is 11.8 Å². The summed E-state index contributed by atoms with van der Waals surface area (Å²) in [5.41, 5.74) is 2.97. The molecule has 0 N–H and O–H groups in total. The third-order valence-electron chi connectivity index (χ3n) is 5.23. The minimum atomic E-state index is 0.366. The molecule has 1 heteroatoms. The topological polar surface area (TPSA) is 17.1 Å². The van der Waals surface area contributed by atoms with E-state index in [4.69, 9.17) is 0 Å². The van der Waals surface area contributed by atoms with Crippen molar-refractivity contribution in [3.63, 3.8) is 0 Å². The molecule has 0 heterocycles. The van der Waals surface area contributed by atoms with Crippen molar-refractivity contribution in [1.29, 1.82) is 0 Å². The molecule has 0 radical (unpaired) electrons. The van der Waals surface area contributed by atoms with E-state index in [9.17, 15) is 4.79 Å². The van der Waals surface area contributed by atoms with Crippen LogP contribution in [0.15, 0.2) is 24.3 Å². The van der Waals surface area contributed by atoms with Gasteiger partial charge in [-0.05, 0) is 42.2 Å². The first-order valence-electron chi connectivity index (χ1n) is 8.43. The van der Waals surface area contributed by atoms with E-state index in [2.05, 4.69) is 31.2 Å². The Morgan fingerprint density at radius 2 is 1.95 bits per heavy atom. The number of hydrogen-bond donors (Lipinski definition) is 0. The minimum Gasteiger partial charge on any atom is -0.299 e. The van der Waals surface area contributed by atoms with Crippen LogP contribution >= 0.6 is 0 Å². The van der Waals surface area contributed by atoms with Crippen molar-refractivity contribution in [2.75, 3.05) is 0 Å². The zero-order valence-electron chi connectivity index (χ0n) is 12.6. The average molecular weight is 270 g/mol. The molecule has 1 aromatic carbocycles. The lowest BCUT2D eigenvalue weighted by molar-refractivity contribution is -0.120. The Balaban J connectivity index is 1.52. The Bertz CT molecular complexity index is 476. The monoisotopic (exact) mass is 270 g/mol. The molecule has 1 aromatic rings. The number of benzene rings is 1. The lowest BCUT2D eigenvalue weighted by Gasteiger charge is -2.13. The van der Waals surface area contributed by atoms with Gasteiger partial charge in [-0.3, -0.25) is 4.79 Å². The van der Waals surface area contributed by atoms with Crippen LogP contribution in [0.5, 0.6) is 0 Å². The summed E-state index contributed by atoms with van der Waals surface area (Å²) >= 11 is 0. The van der Waals surface area contributed by atoms with Gasteiger partial charge < -0.3 is 0 Å². The molecule has 0 bridgehead atoms. The van der Waals surface area contributed by atoms with Crippen LogP contribution in [0.1, 0.15) is 68.9 Å². The second-order valence-electron chi connectivity index (χ2n) is 6.58. The molecule has 108 valence electrons. The van der Waals surface area contributed by atoms with Crippen molar-refractivity contribution in [3.8, 4) is 0 Å². The van der Waals surface area contributed by atoms with Gasteiger partial charge in [0.25, 0.3) is 0 Å². The molecular weight excluding hydrogens is 244 g/mol. The summed E-state index contributed by atoms with van der Waals surface area (Å²) in [5, 5.41) is 0. The molecule has 3 unspecified atom stereocenters. The fourth-order valence-electron chi connectivity index (χ4n) is 4.07. The number of hydrogen-bond acceptors (Lipinski definition) is 1. The van der Waals surface area contributed by atoms with E-state index in [1.807, 2.05) is 0 Å². The first-order valence-corrected chi connectivity index (χ1v) is 8.43. The average Bonchev–Trinajstić information content (AvgIpc) is 3.22. The summed E-state index contributed by atoms with van der Waals surface area (Å²) in [7, 11) is 0. The SMILES string of the molecule is CCCCCCCC(=O)C1C2CCc3ccccc3C21. The van der Waals surface area contributed by atoms with Crippen molar-refractivity contribution < 1.29 is 4.79 Å². The molecule has 2 aliphatic rings. The normalized spacial score (nSPS) is 26.8. The molecule has 0 aliphatic heterocycles. The second kappa shape index (κ2) is 6.11. The number of carbonyl (C=O) groups is 1. The van der Waals surface area contributed by atoms with E-state index in [-0.39, 0.29) is 0 Å². The summed E-state index contributed by atoms with van der Waals surface area (Å²) in [4.78, 5) is 12.4. The summed E-state index contributed by atoms with van der Waals surface area (Å²) in [5.74, 6) is 2.16. The number of aryl methyl sites for hydroxylation is 1. The molecular formula is C19H26O. The molecule has 0 amide bonds. The Hall–Kier alpha value is -1.11. The number of carbonyl (C=O) groups excluding carboxylic acids is 1. The second-order valence-corrected chi connectivity index (χ2v) is 6.58. The standard InChI is InChI=1S/C19H26O/c1-2-3-4-5-6-11-17(20)19-16-13-12-14-9-7-8-10-15(14)18(16)19/h7-10,16,18-19H,2-6,11-13H2,1H3. The molecule has 1 saturated carbocycles. The van der Waals surface area contributed by atoms with Gasteiger partial charge in [-0.25, -0.2) is 0 Å². The van der Waals surface area contributed by atoms with Crippen LogP contribution in [0.4, 0.5) is 0 Å². The van der Waals surface area contributed by atoms with E-state index in [0.29, 0.717) is 23.5 Å². The third kappa shape index (κ3) is 2.68. The van der Waals surface area contributed by atoms with Gasteiger partial charge in [0.05, 0.1) is 0 Å². The van der Waals surface area contributed by atoms with Gasteiger partial charge in [0, 0.05) is 12.3 Å². The highest BCUT2D eigenvalue weighted by Crippen LogP contribution is 2.60. The van der Waals surface area contributed by atoms with Gasteiger partial charge in [-0.15, -0.1) is 0 Å². The van der Waals surface area contributed by atoms with E-state index >= 15 is 0 Å². The number of ketones is 1. The molecule has 1 fully saturated rings. The van der Waals surface area contributed by atoms with E-state index < -0.39 is 0 Å². The smallest absolute Gasteiger partial charge is 0.136 e. The molecule has 0 aromatic heterocycles. The zero-order chi connectivity index (χ0) is 13.9. The highest BCUT2D eigenvalue weighted by Gasteiger charge is 2.56. The highest BCUT2D eigenvalue weighted by molar-refractivity contribution is 5.86. The maximum atomic E-state index is 12.4. The Morgan fingerprint density at radius 1 is 1.15 bits per heavy atom. The van der Waals surface area contributed by atoms with Gasteiger partial charge in [-0.2, -0.15) is 0 Å². The van der Waals surface area contributed by atoms with Crippen LogP contribution < -0.4 is 0 Å². The molecule has 2 aliphatic carbocycles. The van der Waals surface area contributed by atoms with E-state index in [1.54, 1.807) is 0 Å². The van der Waals surface area contributed by atoms with Gasteiger partial charge in [0.1, 0.15) is 5.78 Å². The molecule has 0 saturated heterocycles. The number of Topliss-reactive ketones (excluding diaryl/α,β-unsaturated/α-hetero) is 1. The van der Waals surface area contributed by atoms with Crippen molar-refractivity contribution in [3.05, 3.63) is 35.4 Å². The van der Waals surface area contributed by atoms with Crippen molar-refractivity contribution in [1.82, 2.24) is 0 Å². The van der Waals surface area contributed by atoms with Crippen LogP contribution in [0.2, 0.25) is 0 Å². The summed E-state index contributed by atoms with van der Waals surface area (Å²) in [6.45, 7) is 2.23. The molecule has 1 nitrogen and oxygen atoms in total. The van der Waals surface area contributed by atoms with E-state index in [1.165, 1.54) is 49.7 Å². The maximum absolute atomic E-state index is 12.4. The summed E-state index contributed by atoms with van der Waals surface area (Å²) in [6.07, 6.45) is 9.46. The lowest BCUT2D eigenvalue weighted by atomic mass is 9.92. The van der Waals surface area contributed by atoms with E-state index in [0.717, 1.165) is 12.8 Å². The minimum absolute atomic E-state index is 0.366. The number of unbranched alkanes of at least 4 members (excludes halogenated alkanes) is 4. The molecule has 20 heavy (non-hydrogen) atoms. The van der Waals surface area contributed by atoms with Crippen molar-refractivity contribution >= 4 is 5.78 Å². The van der Waals surface area contributed by atoms with Gasteiger partial charge in [-0.1, -0.05) is 56.9 Å². The van der Waals surface area contributed by atoms with Gasteiger partial charge in [0.2, 0.25) is 0 Å². The predicted molar refractivity (Wildman–Crippen MR) is 82.9 cm³/mol. The number of fused-ring (bicyclic) bond motifs is 3. The molecule has 0 spiro atoms. The van der Waals surface area contributed by atoms with Crippen LogP contribution in [-0.4, -0.2) is 5.78 Å². The first kappa shape index (κ1) is 13.9. The first-order chi connectivity index (χ1) is 9.83. The zero-order valence-corrected chi connectivity index (χ0v) is 12.6. The fraction of sp³-hybridized carbons (Fsp3) is 0.632. The van der Waals surface area contributed by atoms with Crippen LogP contribution in [0.25, 0.3) is 0 Å². The Labute approximate surface area is 122 Å². The summed E-state index contributed by atoms with van der Waals surface area (Å²) < 4.78 is 0. The van der Waals surface area contributed by atoms with Crippen LogP contribution in [-0.2, 0) is 11.2 Å². The Morgan fingerprint density at radius 3 is 2.80 bits per heavy atom. The fourth-order valence-corrected chi connectivity index (χ4v) is 4.07. The van der Waals surface area contributed by atoms with Crippen molar-refractivity contribution in [2.45, 2.75) is 64.2 Å². The predicted octanol–water partition coefficient (Wildman–Crippen LogP) is 4.89. The van der Waals surface area contributed by atoms with Crippen LogP contribution in [0.3, 0.4) is 0 Å². The quantitative estimate of drug-likeness (QED) is 0.645. The van der Waals surface area contributed by atoms with Gasteiger partial charge in [0.15, 0.2) is 0 Å². The molecule has 3 atom stereocenters. The number of rotatable bonds is 7. The lowest BCUT2D eigenvalue weighted by Crippen LogP contribution is -2.02.